The molecule has 5 atom stereocenters. The molecule has 0 aromatic heterocycles. The fraction of sp³-hybridized carbons (Fsp3) is 0.450. The third-order valence-electron chi connectivity index (χ3n) is 9.48. The standard InChI is InChI=1S/C18H16SSi.C11H20O2S.C11H18O2/c19-20(16-10-4-1-5-11-16,17-12-6-2-7-13-17)18-14-8-3-9-15-18;1-3-9-5-8(7-14)6-10(9)11(12)13-4-2;1-4-9-6-8(3)7-10(9)11(12)13-5-2/h1-15,19H;8-10,14H,3-7H2,1-2H3;9-10H,3-7H2,1-2H3. The Morgan fingerprint density at radius 3 is 1.49 bits per heavy atom. The van der Waals surface area contributed by atoms with Crippen molar-refractivity contribution in [3.05, 3.63) is 103 Å². The van der Waals surface area contributed by atoms with Crippen molar-refractivity contribution in [3.63, 3.8) is 0 Å². The van der Waals surface area contributed by atoms with E-state index in [2.05, 4.69) is 124 Å². The van der Waals surface area contributed by atoms with Gasteiger partial charge in [0.15, 0.2) is 0 Å². The summed E-state index contributed by atoms with van der Waals surface area (Å²) in [5.41, 5.74) is 1.20. The van der Waals surface area contributed by atoms with Gasteiger partial charge in [-0.1, -0.05) is 130 Å². The van der Waals surface area contributed by atoms with E-state index in [-0.39, 0.29) is 23.8 Å². The zero-order valence-corrected chi connectivity index (χ0v) is 31.4. The lowest BCUT2D eigenvalue weighted by Crippen LogP contribution is -2.62. The second kappa shape index (κ2) is 19.9. The highest BCUT2D eigenvalue weighted by molar-refractivity contribution is 8.19. The van der Waals surface area contributed by atoms with Crippen LogP contribution < -0.4 is 15.6 Å². The summed E-state index contributed by atoms with van der Waals surface area (Å²) in [6, 6.07) is 31.9. The van der Waals surface area contributed by atoms with Gasteiger partial charge in [0.25, 0.3) is 0 Å². The number of esters is 2. The minimum atomic E-state index is -2.18. The Morgan fingerprint density at radius 1 is 0.681 bits per heavy atom. The molecule has 0 spiro atoms. The molecule has 254 valence electrons. The van der Waals surface area contributed by atoms with Crippen molar-refractivity contribution in [2.24, 2.45) is 29.6 Å². The van der Waals surface area contributed by atoms with Crippen molar-refractivity contribution in [1.29, 1.82) is 0 Å². The van der Waals surface area contributed by atoms with Gasteiger partial charge in [-0.25, -0.2) is 0 Å². The highest BCUT2D eigenvalue weighted by atomic mass is 32.3. The summed E-state index contributed by atoms with van der Waals surface area (Å²) < 4.78 is 10.1. The van der Waals surface area contributed by atoms with Gasteiger partial charge in [-0.2, -0.15) is 24.7 Å². The Morgan fingerprint density at radius 2 is 1.11 bits per heavy atom. The zero-order chi connectivity index (χ0) is 34.2. The van der Waals surface area contributed by atoms with Crippen LogP contribution in [0.3, 0.4) is 0 Å². The van der Waals surface area contributed by atoms with Crippen LogP contribution in [0.15, 0.2) is 103 Å². The molecule has 7 heteroatoms. The fourth-order valence-corrected chi connectivity index (χ4v) is 11.6. The number of hydrogen-bond acceptors (Lipinski definition) is 6. The predicted octanol–water partition coefficient (Wildman–Crippen LogP) is 7.66. The SMILES string of the molecule is C=C1CC(CC)C(C(=O)OCC)C1.CCOC(=O)C1CC(CS)CC1CC.S[Si](c1ccccc1)(c1ccccc1)c1ccccc1. The highest BCUT2D eigenvalue weighted by Gasteiger charge is 2.38. The molecule has 2 aliphatic rings. The third kappa shape index (κ3) is 10.6. The fourth-order valence-electron chi connectivity index (χ4n) is 6.94. The molecule has 3 aromatic rings. The smallest absolute Gasteiger partial charge is 0.309 e. The van der Waals surface area contributed by atoms with Crippen LogP contribution in [-0.2, 0) is 19.1 Å². The molecule has 0 heterocycles. The van der Waals surface area contributed by atoms with Gasteiger partial charge < -0.3 is 9.47 Å². The number of rotatable bonds is 10. The van der Waals surface area contributed by atoms with Gasteiger partial charge in [-0.05, 0) is 78.6 Å². The van der Waals surface area contributed by atoms with E-state index in [1.54, 1.807) is 0 Å². The van der Waals surface area contributed by atoms with E-state index in [4.69, 9.17) is 21.6 Å². The van der Waals surface area contributed by atoms with Crippen molar-refractivity contribution in [3.8, 4) is 0 Å². The number of hydrogen-bond donors (Lipinski definition) is 2. The van der Waals surface area contributed by atoms with Crippen LogP contribution in [0.2, 0.25) is 0 Å². The van der Waals surface area contributed by atoms with Crippen molar-refractivity contribution in [1.82, 2.24) is 0 Å². The normalized spacial score (nSPS) is 21.9. The molecule has 0 N–H and O–H groups in total. The first-order valence-corrected chi connectivity index (χ1v) is 21.1. The van der Waals surface area contributed by atoms with Crippen LogP contribution in [0.4, 0.5) is 0 Å². The average molecular weight is 691 g/mol. The number of allylic oxidation sites excluding steroid dienone is 1. The molecule has 4 nitrogen and oxygen atoms in total. The summed E-state index contributed by atoms with van der Waals surface area (Å²) in [5, 5.41) is 3.96. The van der Waals surface area contributed by atoms with Crippen LogP contribution in [0.5, 0.6) is 0 Å². The predicted molar refractivity (Wildman–Crippen MR) is 206 cm³/mol. The van der Waals surface area contributed by atoms with E-state index in [9.17, 15) is 9.59 Å². The minimum Gasteiger partial charge on any atom is -0.466 e. The molecule has 2 fully saturated rings. The van der Waals surface area contributed by atoms with E-state index in [1.165, 1.54) is 21.1 Å². The Labute approximate surface area is 295 Å². The van der Waals surface area contributed by atoms with Gasteiger partial charge in [0, 0.05) is 0 Å². The minimum absolute atomic E-state index is 0.00336. The van der Waals surface area contributed by atoms with Crippen LogP contribution >= 0.6 is 24.7 Å². The summed E-state index contributed by atoms with van der Waals surface area (Å²) in [5.74, 6) is 2.67. The van der Waals surface area contributed by atoms with Gasteiger partial charge in [-0.15, -0.1) is 0 Å². The summed E-state index contributed by atoms with van der Waals surface area (Å²) in [6.45, 7) is 12.9. The second-order valence-electron chi connectivity index (χ2n) is 12.5. The monoisotopic (exact) mass is 690 g/mol. The van der Waals surface area contributed by atoms with Crippen LogP contribution in [0.25, 0.3) is 0 Å². The Bertz CT molecular complexity index is 1270. The van der Waals surface area contributed by atoms with Crippen molar-refractivity contribution in [2.45, 2.75) is 66.2 Å². The van der Waals surface area contributed by atoms with E-state index in [1.807, 2.05) is 13.8 Å². The molecule has 2 saturated carbocycles. The largest absolute Gasteiger partial charge is 0.466 e. The molecule has 0 amide bonds. The van der Waals surface area contributed by atoms with Gasteiger partial charge in [0.1, 0.15) is 0 Å². The molecule has 3 aromatic carbocycles. The van der Waals surface area contributed by atoms with Crippen molar-refractivity contribution >= 4 is 59.4 Å². The van der Waals surface area contributed by atoms with E-state index in [0.29, 0.717) is 31.0 Å². The molecule has 0 saturated heterocycles. The molecule has 0 aliphatic heterocycles. The lowest BCUT2D eigenvalue weighted by Gasteiger charge is -2.28. The average Bonchev–Trinajstić information content (AvgIpc) is 3.73. The number of benzene rings is 3. The topological polar surface area (TPSA) is 52.6 Å². The molecule has 0 bridgehead atoms. The quantitative estimate of drug-likeness (QED) is 0.0755. The number of carbonyl (C=O) groups excluding carboxylic acids is 2. The molecular formula is C40H54O4S2Si. The number of thiol groups is 2. The summed E-state index contributed by atoms with van der Waals surface area (Å²) in [6.07, 6.45) is 6.07. The second-order valence-corrected chi connectivity index (χ2v) is 18.1. The third-order valence-corrected chi connectivity index (χ3v) is 15.8. The maximum absolute atomic E-state index is 11.6. The van der Waals surface area contributed by atoms with Gasteiger partial charge in [0.2, 0.25) is 7.22 Å². The van der Waals surface area contributed by atoms with Crippen molar-refractivity contribution in [2.75, 3.05) is 19.0 Å². The lowest BCUT2D eigenvalue weighted by atomic mass is 9.94. The summed E-state index contributed by atoms with van der Waals surface area (Å²) >= 11 is 9.53. The number of ether oxygens (including phenoxy) is 2. The number of carbonyl (C=O) groups is 2. The van der Waals surface area contributed by atoms with Gasteiger partial charge >= 0.3 is 11.9 Å². The lowest BCUT2D eigenvalue weighted by molar-refractivity contribution is -0.150. The Balaban J connectivity index is 0.000000199. The highest BCUT2D eigenvalue weighted by Crippen LogP contribution is 2.39. The first kappa shape index (κ1) is 38.7. The molecule has 5 unspecified atom stereocenters. The molecular weight excluding hydrogens is 637 g/mol. The van der Waals surface area contributed by atoms with Gasteiger partial charge in [0.05, 0.1) is 25.0 Å². The van der Waals surface area contributed by atoms with E-state index >= 15 is 0 Å². The Hall–Kier alpha value is -2.74. The zero-order valence-electron chi connectivity index (χ0n) is 28.6. The Kier molecular flexibility index (Phi) is 16.4. The molecule has 47 heavy (non-hydrogen) atoms. The first-order chi connectivity index (χ1) is 22.7. The molecule has 2 aliphatic carbocycles. The first-order valence-electron chi connectivity index (χ1n) is 17.2. The van der Waals surface area contributed by atoms with E-state index in [0.717, 1.165) is 44.3 Å². The van der Waals surface area contributed by atoms with Gasteiger partial charge in [-0.3, -0.25) is 9.59 Å². The maximum atomic E-state index is 11.6. The molecule has 5 rings (SSSR count). The van der Waals surface area contributed by atoms with Crippen LogP contribution in [0.1, 0.15) is 66.2 Å². The molecule has 0 radical (unpaired) electrons. The van der Waals surface area contributed by atoms with Crippen LogP contribution in [-0.4, -0.2) is 38.1 Å². The van der Waals surface area contributed by atoms with E-state index < -0.39 is 7.22 Å². The summed E-state index contributed by atoms with van der Waals surface area (Å²) in [4.78, 5) is 23.1. The van der Waals surface area contributed by atoms with Crippen LogP contribution in [0, 0.1) is 29.6 Å². The maximum Gasteiger partial charge on any atom is 0.309 e. The van der Waals surface area contributed by atoms with Crippen molar-refractivity contribution < 1.29 is 19.1 Å². The summed E-state index contributed by atoms with van der Waals surface area (Å²) in [7, 11) is -2.18.